The van der Waals surface area contributed by atoms with E-state index < -0.39 is 0 Å². The number of nitrogens with one attached hydrogen (secondary N) is 2. The lowest BCUT2D eigenvalue weighted by atomic mass is 10.1. The summed E-state index contributed by atoms with van der Waals surface area (Å²) in [6.07, 6.45) is 1.79. The van der Waals surface area contributed by atoms with Crippen LogP contribution in [0.25, 0.3) is 0 Å². The number of aryl methyl sites for hydroxylation is 2. The van der Waals surface area contributed by atoms with Crippen LogP contribution in [0.3, 0.4) is 0 Å². The van der Waals surface area contributed by atoms with Crippen molar-refractivity contribution in [3.05, 3.63) is 77.7 Å². The van der Waals surface area contributed by atoms with Crippen LogP contribution in [0.4, 0.5) is 11.5 Å². The maximum atomic E-state index is 12.5. The van der Waals surface area contributed by atoms with E-state index in [0.29, 0.717) is 23.9 Å². The number of anilines is 2. The molecule has 1 heterocycles. The molecule has 144 valence electrons. The summed E-state index contributed by atoms with van der Waals surface area (Å²) in [7, 11) is 1.62. The van der Waals surface area contributed by atoms with E-state index in [4.69, 9.17) is 4.74 Å². The topological polar surface area (TPSA) is 76.1 Å². The SMILES string of the molecule is COc1cccc(Nc2cc(C(=O)NCCCc3ccccc3)nc(C)n2)c1. The standard InChI is InChI=1S/C22H24N4O2/c1-16-24-20(22(27)23-13-7-10-17-8-4-3-5-9-17)15-21(25-16)26-18-11-6-12-19(14-18)28-2/h3-6,8-9,11-12,14-15H,7,10,13H2,1-2H3,(H,23,27)(H,24,25,26). The number of nitrogens with zero attached hydrogens (tertiary/aromatic N) is 2. The predicted molar refractivity (Wildman–Crippen MR) is 110 cm³/mol. The fraction of sp³-hybridized carbons (Fsp3) is 0.227. The molecule has 1 amide bonds. The summed E-state index contributed by atoms with van der Waals surface area (Å²) in [6, 6.07) is 19.4. The number of benzene rings is 2. The van der Waals surface area contributed by atoms with Crippen LogP contribution >= 0.6 is 0 Å². The molecule has 6 nitrogen and oxygen atoms in total. The summed E-state index contributed by atoms with van der Waals surface area (Å²) in [4.78, 5) is 21.1. The average molecular weight is 376 g/mol. The fourth-order valence-corrected chi connectivity index (χ4v) is 2.83. The molecule has 0 bridgehead atoms. The Labute approximate surface area is 165 Å². The molecule has 0 saturated heterocycles. The minimum atomic E-state index is -0.202. The minimum Gasteiger partial charge on any atom is -0.497 e. The van der Waals surface area contributed by atoms with Crippen LogP contribution in [0.1, 0.15) is 28.3 Å². The quantitative estimate of drug-likeness (QED) is 0.583. The first-order chi connectivity index (χ1) is 13.6. The van der Waals surface area contributed by atoms with Gasteiger partial charge in [0.1, 0.15) is 23.1 Å². The Bertz CT molecular complexity index is 929. The van der Waals surface area contributed by atoms with Gasteiger partial charge in [0.25, 0.3) is 5.91 Å². The van der Waals surface area contributed by atoms with E-state index >= 15 is 0 Å². The van der Waals surface area contributed by atoms with Gasteiger partial charge >= 0.3 is 0 Å². The molecular weight excluding hydrogens is 352 g/mol. The second-order valence-electron chi connectivity index (χ2n) is 6.39. The third-order valence-electron chi connectivity index (χ3n) is 4.18. The molecule has 3 rings (SSSR count). The fourth-order valence-electron chi connectivity index (χ4n) is 2.83. The van der Waals surface area contributed by atoms with E-state index in [2.05, 4.69) is 32.7 Å². The summed E-state index contributed by atoms with van der Waals surface area (Å²) in [5.41, 5.74) is 2.43. The number of hydrogen-bond acceptors (Lipinski definition) is 5. The Morgan fingerprint density at radius 2 is 1.86 bits per heavy atom. The number of hydrogen-bond donors (Lipinski definition) is 2. The summed E-state index contributed by atoms with van der Waals surface area (Å²) < 4.78 is 5.23. The highest BCUT2D eigenvalue weighted by Crippen LogP contribution is 2.20. The Hall–Kier alpha value is -3.41. The van der Waals surface area contributed by atoms with Crippen molar-refractivity contribution in [2.45, 2.75) is 19.8 Å². The van der Waals surface area contributed by atoms with Gasteiger partial charge in [0, 0.05) is 24.4 Å². The van der Waals surface area contributed by atoms with Crippen LogP contribution in [-0.2, 0) is 6.42 Å². The second-order valence-corrected chi connectivity index (χ2v) is 6.39. The lowest BCUT2D eigenvalue weighted by Crippen LogP contribution is -2.26. The molecule has 0 fully saturated rings. The summed E-state index contributed by atoms with van der Waals surface area (Å²) in [5.74, 6) is 1.64. The number of methoxy groups -OCH3 is 1. The van der Waals surface area contributed by atoms with Crippen LogP contribution in [0.15, 0.2) is 60.7 Å². The van der Waals surface area contributed by atoms with Gasteiger partial charge in [-0.3, -0.25) is 4.79 Å². The Kier molecular flexibility index (Phi) is 6.57. The lowest BCUT2D eigenvalue weighted by molar-refractivity contribution is 0.0948. The first-order valence-corrected chi connectivity index (χ1v) is 9.23. The van der Waals surface area contributed by atoms with E-state index in [0.717, 1.165) is 24.3 Å². The summed E-state index contributed by atoms with van der Waals surface area (Å²) in [6.45, 7) is 2.36. The van der Waals surface area contributed by atoms with Gasteiger partial charge < -0.3 is 15.4 Å². The largest absolute Gasteiger partial charge is 0.497 e. The number of carbonyl (C=O) groups excluding carboxylic acids is 1. The lowest BCUT2D eigenvalue weighted by Gasteiger charge is -2.10. The van der Waals surface area contributed by atoms with Crippen molar-refractivity contribution in [2.24, 2.45) is 0 Å². The molecule has 0 atom stereocenters. The molecular formula is C22H24N4O2. The van der Waals surface area contributed by atoms with Gasteiger partial charge in [-0.15, -0.1) is 0 Å². The minimum absolute atomic E-state index is 0.202. The molecule has 0 saturated carbocycles. The number of carbonyl (C=O) groups is 1. The number of aromatic nitrogens is 2. The van der Waals surface area contributed by atoms with Crippen molar-refractivity contribution in [2.75, 3.05) is 19.0 Å². The van der Waals surface area contributed by atoms with Crippen LogP contribution in [0.5, 0.6) is 5.75 Å². The highest BCUT2D eigenvalue weighted by atomic mass is 16.5. The zero-order valence-corrected chi connectivity index (χ0v) is 16.1. The Balaban J connectivity index is 1.59. The first kappa shape index (κ1) is 19.4. The van der Waals surface area contributed by atoms with Gasteiger partial charge in [-0.05, 0) is 37.5 Å². The van der Waals surface area contributed by atoms with Gasteiger partial charge in [0.05, 0.1) is 7.11 Å². The van der Waals surface area contributed by atoms with E-state index in [1.54, 1.807) is 20.1 Å². The molecule has 2 N–H and O–H groups in total. The molecule has 1 aromatic heterocycles. The monoisotopic (exact) mass is 376 g/mol. The molecule has 0 aliphatic rings. The van der Waals surface area contributed by atoms with Gasteiger partial charge in [-0.25, -0.2) is 9.97 Å². The van der Waals surface area contributed by atoms with Crippen molar-refractivity contribution >= 4 is 17.4 Å². The zero-order chi connectivity index (χ0) is 19.8. The normalized spacial score (nSPS) is 10.4. The van der Waals surface area contributed by atoms with Gasteiger partial charge in [-0.2, -0.15) is 0 Å². The van der Waals surface area contributed by atoms with E-state index in [1.165, 1.54) is 5.56 Å². The molecule has 0 spiro atoms. The third-order valence-corrected chi connectivity index (χ3v) is 4.18. The zero-order valence-electron chi connectivity index (χ0n) is 16.1. The maximum Gasteiger partial charge on any atom is 0.270 e. The number of ether oxygens (including phenoxy) is 1. The molecule has 28 heavy (non-hydrogen) atoms. The highest BCUT2D eigenvalue weighted by molar-refractivity contribution is 5.93. The van der Waals surface area contributed by atoms with E-state index in [1.807, 2.05) is 42.5 Å². The van der Waals surface area contributed by atoms with E-state index in [9.17, 15) is 4.79 Å². The predicted octanol–water partition coefficient (Wildman–Crippen LogP) is 3.90. The smallest absolute Gasteiger partial charge is 0.270 e. The first-order valence-electron chi connectivity index (χ1n) is 9.23. The molecule has 2 aromatic carbocycles. The molecule has 0 aliphatic heterocycles. The summed E-state index contributed by atoms with van der Waals surface area (Å²) in [5, 5.41) is 6.12. The van der Waals surface area contributed by atoms with E-state index in [-0.39, 0.29) is 5.91 Å². The van der Waals surface area contributed by atoms with Crippen LogP contribution in [-0.4, -0.2) is 29.5 Å². The molecule has 6 heteroatoms. The maximum absolute atomic E-state index is 12.5. The second kappa shape index (κ2) is 9.50. The van der Waals surface area contributed by atoms with Crippen molar-refractivity contribution in [1.82, 2.24) is 15.3 Å². The Morgan fingerprint density at radius 1 is 1.04 bits per heavy atom. The van der Waals surface area contributed by atoms with Crippen LogP contribution in [0, 0.1) is 6.92 Å². The molecule has 0 radical (unpaired) electrons. The van der Waals surface area contributed by atoms with Crippen molar-refractivity contribution in [3.8, 4) is 5.75 Å². The highest BCUT2D eigenvalue weighted by Gasteiger charge is 2.10. The van der Waals surface area contributed by atoms with Crippen molar-refractivity contribution in [3.63, 3.8) is 0 Å². The van der Waals surface area contributed by atoms with Crippen molar-refractivity contribution in [1.29, 1.82) is 0 Å². The molecule has 0 unspecified atom stereocenters. The van der Waals surface area contributed by atoms with Crippen LogP contribution < -0.4 is 15.4 Å². The summed E-state index contributed by atoms with van der Waals surface area (Å²) >= 11 is 0. The number of amides is 1. The van der Waals surface area contributed by atoms with Crippen LogP contribution in [0.2, 0.25) is 0 Å². The van der Waals surface area contributed by atoms with Gasteiger partial charge in [-0.1, -0.05) is 36.4 Å². The third kappa shape index (κ3) is 5.54. The van der Waals surface area contributed by atoms with Crippen molar-refractivity contribution < 1.29 is 9.53 Å². The number of rotatable bonds is 8. The van der Waals surface area contributed by atoms with Gasteiger partial charge in [0.2, 0.25) is 0 Å². The molecule has 3 aromatic rings. The molecule has 0 aliphatic carbocycles. The Morgan fingerprint density at radius 3 is 2.64 bits per heavy atom. The van der Waals surface area contributed by atoms with Gasteiger partial charge in [0.15, 0.2) is 0 Å². The average Bonchev–Trinajstić information content (AvgIpc) is 2.71.